The van der Waals surface area contributed by atoms with Crippen LogP contribution in [-0.2, 0) is 4.79 Å². The Morgan fingerprint density at radius 3 is 2.62 bits per heavy atom. The summed E-state index contributed by atoms with van der Waals surface area (Å²) in [7, 11) is 2.57. The molecule has 2 aliphatic rings. The van der Waals surface area contributed by atoms with Crippen molar-refractivity contribution in [3.8, 4) is 0 Å². The smallest absolute Gasteiger partial charge is 0.261 e. The average molecular weight is 406 g/mol. The Hall–Kier alpha value is -1.43. The van der Waals surface area contributed by atoms with E-state index < -0.39 is 0 Å². The van der Waals surface area contributed by atoms with Gasteiger partial charge in [-0.2, -0.15) is 0 Å². The van der Waals surface area contributed by atoms with E-state index in [4.69, 9.17) is 11.6 Å². The summed E-state index contributed by atoms with van der Waals surface area (Å²) in [5, 5.41) is 0.369. The van der Waals surface area contributed by atoms with E-state index in [0.29, 0.717) is 9.92 Å². The maximum absolute atomic E-state index is 14.1. The third kappa shape index (κ3) is 3.40. The van der Waals surface area contributed by atoms with Crippen LogP contribution in [0.1, 0.15) is 37.3 Å². The molecule has 1 aliphatic heterocycles. The molecule has 2 aromatic rings. The predicted octanol–water partition coefficient (Wildman–Crippen LogP) is 6.59. The molecular formula is C20H17ClFNOS2. The first-order chi connectivity index (χ1) is 12.6. The van der Waals surface area contributed by atoms with E-state index in [1.54, 1.807) is 12.1 Å². The molecule has 0 N–H and O–H groups in total. The third-order valence-corrected chi connectivity index (χ3v) is 7.35. The molecule has 0 aromatic heterocycles. The van der Waals surface area contributed by atoms with Crippen molar-refractivity contribution in [1.29, 1.82) is 0 Å². The van der Waals surface area contributed by atoms with Crippen molar-refractivity contribution in [3.63, 3.8) is 0 Å². The molecular weight excluding hydrogens is 389 g/mol. The highest BCUT2D eigenvalue weighted by Crippen LogP contribution is 2.51. The lowest BCUT2D eigenvalue weighted by molar-refractivity contribution is -0.122. The molecule has 6 heteroatoms. The summed E-state index contributed by atoms with van der Waals surface area (Å²) >= 11 is 5.83. The van der Waals surface area contributed by atoms with Crippen molar-refractivity contribution in [1.82, 2.24) is 4.31 Å². The molecule has 0 saturated heterocycles. The summed E-state index contributed by atoms with van der Waals surface area (Å²) in [6.45, 7) is 0. The minimum atomic E-state index is -0.365. The third-order valence-electron chi connectivity index (χ3n) is 4.75. The predicted molar refractivity (Wildman–Crippen MR) is 106 cm³/mol. The standard InChI is InChI=1S/C20H17ClFNOS2/c21-14-10-11-18(17(22)12-14)25-26-23-19(13-6-2-1-3-7-13)15-8-4-5-9-16(15)20(23)24/h1-3,6-7,10-12,19H,4-5,8-9H2. The van der Waals surface area contributed by atoms with Gasteiger partial charge in [0.2, 0.25) is 0 Å². The second-order valence-corrected chi connectivity index (χ2v) is 8.92. The zero-order chi connectivity index (χ0) is 18.1. The van der Waals surface area contributed by atoms with Crippen LogP contribution in [0, 0.1) is 5.82 Å². The molecule has 134 valence electrons. The van der Waals surface area contributed by atoms with Gasteiger partial charge in [0.1, 0.15) is 5.82 Å². The highest BCUT2D eigenvalue weighted by atomic mass is 35.5. The zero-order valence-corrected chi connectivity index (χ0v) is 16.3. The minimum Gasteiger partial charge on any atom is -0.268 e. The number of nitrogens with zero attached hydrogens (tertiary/aromatic N) is 1. The van der Waals surface area contributed by atoms with Crippen molar-refractivity contribution >= 4 is 39.3 Å². The molecule has 0 spiro atoms. The van der Waals surface area contributed by atoms with Crippen LogP contribution in [0.3, 0.4) is 0 Å². The molecule has 0 saturated carbocycles. The van der Waals surface area contributed by atoms with Crippen LogP contribution >= 0.6 is 33.4 Å². The van der Waals surface area contributed by atoms with Gasteiger partial charge in [-0.15, -0.1) is 0 Å². The highest BCUT2D eigenvalue weighted by Gasteiger charge is 2.41. The summed E-state index contributed by atoms with van der Waals surface area (Å²) < 4.78 is 15.9. The summed E-state index contributed by atoms with van der Waals surface area (Å²) in [6, 6.07) is 14.6. The summed E-state index contributed by atoms with van der Waals surface area (Å²) in [5.41, 5.74) is 3.30. The number of halogens is 2. The van der Waals surface area contributed by atoms with Gasteiger partial charge in [0.15, 0.2) is 0 Å². The normalized spacial score (nSPS) is 19.8. The van der Waals surface area contributed by atoms with E-state index in [-0.39, 0.29) is 17.8 Å². The Kier molecular flexibility index (Phi) is 5.30. The first kappa shape index (κ1) is 18.0. The highest BCUT2D eigenvalue weighted by molar-refractivity contribution is 8.76. The molecule has 1 amide bonds. The molecule has 26 heavy (non-hydrogen) atoms. The van der Waals surface area contributed by atoms with Crippen molar-refractivity contribution in [2.24, 2.45) is 0 Å². The number of hydrogen-bond donors (Lipinski definition) is 0. The number of benzene rings is 2. The number of carbonyl (C=O) groups excluding carboxylic acids is 1. The maximum atomic E-state index is 14.1. The van der Waals surface area contributed by atoms with Crippen LogP contribution < -0.4 is 0 Å². The number of hydrogen-bond acceptors (Lipinski definition) is 3. The fourth-order valence-electron chi connectivity index (χ4n) is 3.54. The molecule has 0 bridgehead atoms. The molecule has 1 aliphatic carbocycles. The van der Waals surface area contributed by atoms with Crippen molar-refractivity contribution in [3.05, 3.63) is 76.1 Å². The molecule has 1 heterocycles. The Balaban J connectivity index is 1.62. The Bertz CT molecular complexity index is 871. The topological polar surface area (TPSA) is 20.3 Å². The van der Waals surface area contributed by atoms with E-state index in [1.165, 1.54) is 33.4 Å². The average Bonchev–Trinajstić information content (AvgIpc) is 2.94. The lowest BCUT2D eigenvalue weighted by Gasteiger charge is -2.26. The van der Waals surface area contributed by atoms with E-state index in [9.17, 15) is 9.18 Å². The van der Waals surface area contributed by atoms with E-state index >= 15 is 0 Å². The van der Waals surface area contributed by atoms with E-state index in [1.807, 2.05) is 22.5 Å². The van der Waals surface area contributed by atoms with Gasteiger partial charge < -0.3 is 0 Å². The van der Waals surface area contributed by atoms with Gasteiger partial charge in [0.25, 0.3) is 5.91 Å². The molecule has 0 radical (unpaired) electrons. The first-order valence-electron chi connectivity index (χ1n) is 8.55. The molecule has 1 unspecified atom stereocenters. The molecule has 2 aromatic carbocycles. The Morgan fingerprint density at radius 2 is 1.85 bits per heavy atom. The van der Waals surface area contributed by atoms with Gasteiger partial charge in [-0.1, -0.05) is 41.9 Å². The molecule has 2 nitrogen and oxygen atoms in total. The molecule has 1 atom stereocenters. The van der Waals surface area contributed by atoms with Crippen molar-refractivity contribution < 1.29 is 9.18 Å². The van der Waals surface area contributed by atoms with Crippen molar-refractivity contribution in [2.75, 3.05) is 0 Å². The summed E-state index contributed by atoms with van der Waals surface area (Å²) in [6.07, 6.45) is 3.97. The Morgan fingerprint density at radius 1 is 1.08 bits per heavy atom. The number of carbonyl (C=O) groups is 1. The second kappa shape index (κ2) is 7.67. The largest absolute Gasteiger partial charge is 0.268 e. The molecule has 0 fully saturated rings. The minimum absolute atomic E-state index is 0.0631. The van der Waals surface area contributed by atoms with Gasteiger partial charge in [-0.25, -0.2) is 4.39 Å². The van der Waals surface area contributed by atoms with Crippen LogP contribution in [-0.4, -0.2) is 10.2 Å². The van der Waals surface area contributed by atoms with Crippen molar-refractivity contribution in [2.45, 2.75) is 36.6 Å². The van der Waals surface area contributed by atoms with E-state index in [2.05, 4.69) is 12.1 Å². The summed E-state index contributed by atoms with van der Waals surface area (Å²) in [5.74, 6) is -0.295. The number of rotatable bonds is 4. The van der Waals surface area contributed by atoms with Gasteiger partial charge >= 0.3 is 0 Å². The lowest BCUT2D eigenvalue weighted by Crippen LogP contribution is -2.22. The monoisotopic (exact) mass is 405 g/mol. The van der Waals surface area contributed by atoms with Gasteiger partial charge in [-0.3, -0.25) is 9.10 Å². The quantitative estimate of drug-likeness (QED) is 0.422. The van der Waals surface area contributed by atoms with Gasteiger partial charge in [0.05, 0.1) is 10.9 Å². The maximum Gasteiger partial charge on any atom is 0.261 e. The lowest BCUT2D eigenvalue weighted by atomic mass is 9.88. The van der Waals surface area contributed by atoms with Gasteiger partial charge in [0, 0.05) is 21.6 Å². The molecule has 4 rings (SSSR count). The van der Waals surface area contributed by atoms with Crippen LogP contribution in [0.15, 0.2) is 64.6 Å². The van der Waals surface area contributed by atoms with Crippen LogP contribution in [0.25, 0.3) is 0 Å². The zero-order valence-electron chi connectivity index (χ0n) is 14.0. The van der Waals surface area contributed by atoms with Gasteiger partial charge in [-0.05, 0) is 65.8 Å². The number of amides is 1. The van der Waals surface area contributed by atoms with Crippen LogP contribution in [0.4, 0.5) is 4.39 Å². The van der Waals surface area contributed by atoms with Crippen LogP contribution in [0.2, 0.25) is 5.02 Å². The SMILES string of the molecule is O=C1C2=C(CCCC2)C(c2ccccc2)N1SSc1ccc(Cl)cc1F. The second-order valence-electron chi connectivity index (χ2n) is 6.39. The van der Waals surface area contributed by atoms with E-state index in [0.717, 1.165) is 36.8 Å². The fraction of sp³-hybridized carbons (Fsp3) is 0.250. The van der Waals surface area contributed by atoms with Crippen LogP contribution in [0.5, 0.6) is 0 Å². The summed E-state index contributed by atoms with van der Waals surface area (Å²) in [4.78, 5) is 13.5. The fourth-order valence-corrected chi connectivity index (χ4v) is 5.98. The first-order valence-corrected chi connectivity index (χ1v) is 11.0. The Labute approximate surface area is 165 Å².